The maximum absolute atomic E-state index is 13.0. The van der Waals surface area contributed by atoms with Crippen LogP contribution in [0.5, 0.6) is 5.75 Å². The van der Waals surface area contributed by atoms with Crippen molar-refractivity contribution in [2.75, 3.05) is 6.61 Å². The largest absolute Gasteiger partial charge is 0.484 e. The summed E-state index contributed by atoms with van der Waals surface area (Å²) in [5.74, 6) is -1.04. The van der Waals surface area contributed by atoms with Crippen molar-refractivity contribution in [2.24, 2.45) is 0 Å². The number of benzene rings is 1. The number of thiophene rings is 1. The lowest BCUT2D eigenvalue weighted by molar-refractivity contribution is -0.123. The Balaban J connectivity index is 1.48. The van der Waals surface area contributed by atoms with Crippen LogP contribution in [0.3, 0.4) is 0 Å². The molecule has 0 unspecified atom stereocenters. The Labute approximate surface area is 149 Å². The van der Waals surface area contributed by atoms with Gasteiger partial charge in [-0.3, -0.25) is 20.4 Å². The number of nitrogens with one attached hydrogen (secondary N) is 2. The summed E-state index contributed by atoms with van der Waals surface area (Å²) >= 11 is 1.48. The van der Waals surface area contributed by atoms with E-state index in [0.29, 0.717) is 4.88 Å². The average Bonchev–Trinajstić information content (AvgIpc) is 2.89. The van der Waals surface area contributed by atoms with Gasteiger partial charge in [-0.15, -0.1) is 11.3 Å². The predicted octanol–water partition coefficient (Wildman–Crippen LogP) is 3.00. The Morgan fingerprint density at radius 3 is 2.80 bits per heavy atom. The fraction of sp³-hybridized carbons (Fsp3) is 0.333. The van der Waals surface area contributed by atoms with Gasteiger partial charge in [0.05, 0.1) is 4.88 Å². The molecule has 0 fully saturated rings. The van der Waals surface area contributed by atoms with Gasteiger partial charge in [0.15, 0.2) is 6.61 Å². The number of hydrazine groups is 1. The topological polar surface area (TPSA) is 67.4 Å². The van der Waals surface area contributed by atoms with Crippen LogP contribution in [0, 0.1) is 5.82 Å². The summed E-state index contributed by atoms with van der Waals surface area (Å²) in [4.78, 5) is 25.8. The van der Waals surface area contributed by atoms with E-state index in [1.807, 2.05) is 6.07 Å². The first-order valence-corrected chi connectivity index (χ1v) is 9.02. The van der Waals surface area contributed by atoms with Crippen LogP contribution < -0.4 is 15.6 Å². The average molecular weight is 362 g/mol. The molecule has 0 aliphatic heterocycles. The minimum Gasteiger partial charge on any atom is -0.484 e. The highest BCUT2D eigenvalue weighted by Crippen LogP contribution is 2.28. The molecule has 1 aliphatic rings. The summed E-state index contributed by atoms with van der Waals surface area (Å²) in [6.45, 7) is -0.315. The molecule has 0 spiro atoms. The molecule has 0 saturated carbocycles. The first-order valence-electron chi connectivity index (χ1n) is 8.21. The van der Waals surface area contributed by atoms with Gasteiger partial charge in [-0.1, -0.05) is 12.5 Å². The highest BCUT2D eigenvalue weighted by molar-refractivity contribution is 7.14. The first-order chi connectivity index (χ1) is 12.1. The molecule has 1 aromatic carbocycles. The number of ether oxygens (including phenoxy) is 1. The van der Waals surface area contributed by atoms with Crippen LogP contribution in [-0.4, -0.2) is 18.4 Å². The lowest BCUT2D eigenvalue weighted by Gasteiger charge is -2.08. The van der Waals surface area contributed by atoms with Crippen LogP contribution in [0.1, 0.15) is 39.4 Å². The smallest absolute Gasteiger partial charge is 0.279 e. The summed E-state index contributed by atoms with van der Waals surface area (Å²) < 4.78 is 18.2. The van der Waals surface area contributed by atoms with Crippen LogP contribution in [0.15, 0.2) is 30.3 Å². The Morgan fingerprint density at radius 1 is 1.12 bits per heavy atom. The molecule has 5 nitrogen and oxygen atoms in total. The summed E-state index contributed by atoms with van der Waals surface area (Å²) in [5, 5.41) is 0. The molecule has 3 rings (SSSR count). The lowest BCUT2D eigenvalue weighted by atomic mass is 10.1. The summed E-state index contributed by atoms with van der Waals surface area (Å²) in [6, 6.07) is 7.43. The number of rotatable bonds is 4. The second-order valence-electron chi connectivity index (χ2n) is 5.87. The molecular weight excluding hydrogens is 343 g/mol. The van der Waals surface area contributed by atoms with Crippen molar-refractivity contribution in [3.8, 4) is 5.75 Å². The SMILES string of the molecule is O=C(COc1cccc(F)c1)NNC(=O)c1cc2c(s1)CCCCC2. The first kappa shape index (κ1) is 17.4. The Hall–Kier alpha value is -2.41. The molecule has 0 bridgehead atoms. The summed E-state index contributed by atoms with van der Waals surface area (Å²) in [5.41, 5.74) is 5.94. The van der Waals surface area contributed by atoms with E-state index in [-0.39, 0.29) is 18.3 Å². The maximum Gasteiger partial charge on any atom is 0.279 e. The van der Waals surface area contributed by atoms with Crippen molar-refractivity contribution in [2.45, 2.75) is 32.1 Å². The van der Waals surface area contributed by atoms with Crippen LogP contribution in [0.4, 0.5) is 4.39 Å². The fourth-order valence-corrected chi connectivity index (χ4v) is 3.86. The minimum absolute atomic E-state index is 0.253. The molecule has 0 atom stereocenters. The monoisotopic (exact) mass is 362 g/mol. The number of amides is 2. The van der Waals surface area contributed by atoms with Crippen molar-refractivity contribution in [1.29, 1.82) is 0 Å². The van der Waals surface area contributed by atoms with Crippen LogP contribution in [-0.2, 0) is 17.6 Å². The molecule has 2 aromatic rings. The Kier molecular flexibility index (Phi) is 5.65. The molecule has 25 heavy (non-hydrogen) atoms. The van der Waals surface area contributed by atoms with E-state index in [4.69, 9.17) is 4.74 Å². The number of hydrogen-bond donors (Lipinski definition) is 2. The molecule has 1 aromatic heterocycles. The quantitative estimate of drug-likeness (QED) is 0.649. The summed E-state index contributed by atoms with van der Waals surface area (Å²) in [6.07, 6.45) is 5.56. The van der Waals surface area contributed by atoms with Crippen molar-refractivity contribution >= 4 is 23.2 Å². The number of aryl methyl sites for hydroxylation is 2. The number of hydrogen-bond acceptors (Lipinski definition) is 4. The van der Waals surface area contributed by atoms with Gasteiger partial charge in [0.1, 0.15) is 11.6 Å². The molecule has 2 N–H and O–H groups in total. The van der Waals surface area contributed by atoms with Gasteiger partial charge in [-0.05, 0) is 49.4 Å². The van der Waals surface area contributed by atoms with E-state index in [1.54, 1.807) is 6.07 Å². The predicted molar refractivity (Wildman–Crippen MR) is 93.1 cm³/mol. The van der Waals surface area contributed by atoms with Crippen molar-refractivity contribution in [1.82, 2.24) is 10.9 Å². The van der Waals surface area contributed by atoms with Gasteiger partial charge in [0.2, 0.25) is 0 Å². The second kappa shape index (κ2) is 8.11. The van der Waals surface area contributed by atoms with Gasteiger partial charge in [0, 0.05) is 10.9 Å². The minimum atomic E-state index is -0.518. The number of carbonyl (C=O) groups is 2. The van der Waals surface area contributed by atoms with E-state index >= 15 is 0 Å². The van der Waals surface area contributed by atoms with Crippen LogP contribution in [0.25, 0.3) is 0 Å². The van der Waals surface area contributed by atoms with Gasteiger partial charge in [0.25, 0.3) is 11.8 Å². The third-order valence-corrected chi connectivity index (χ3v) is 5.19. The third kappa shape index (κ3) is 4.79. The molecule has 1 heterocycles. The van der Waals surface area contributed by atoms with Gasteiger partial charge in [-0.25, -0.2) is 4.39 Å². The molecule has 2 amide bonds. The third-order valence-electron chi connectivity index (χ3n) is 3.95. The van der Waals surface area contributed by atoms with Gasteiger partial charge in [-0.2, -0.15) is 0 Å². The van der Waals surface area contributed by atoms with Crippen LogP contribution in [0.2, 0.25) is 0 Å². The Morgan fingerprint density at radius 2 is 1.96 bits per heavy atom. The van der Waals surface area contributed by atoms with Crippen molar-refractivity contribution in [3.05, 3.63) is 51.5 Å². The zero-order valence-corrected chi connectivity index (χ0v) is 14.5. The zero-order chi connectivity index (χ0) is 17.6. The standard InChI is InChI=1S/C18H19FN2O3S/c19-13-6-4-7-14(10-13)24-11-17(22)20-21-18(23)16-9-12-5-2-1-3-8-15(12)25-16/h4,6-7,9-10H,1-3,5,8,11H2,(H,20,22)(H,21,23). The zero-order valence-electron chi connectivity index (χ0n) is 13.6. The maximum atomic E-state index is 13.0. The van der Waals surface area contributed by atoms with E-state index in [2.05, 4.69) is 10.9 Å². The lowest BCUT2D eigenvalue weighted by Crippen LogP contribution is -2.43. The highest BCUT2D eigenvalue weighted by Gasteiger charge is 2.16. The second-order valence-corrected chi connectivity index (χ2v) is 7.00. The van der Waals surface area contributed by atoms with Gasteiger partial charge < -0.3 is 4.74 Å². The normalized spacial score (nSPS) is 13.5. The van der Waals surface area contributed by atoms with Crippen molar-refractivity contribution in [3.63, 3.8) is 0 Å². The van der Waals surface area contributed by atoms with Crippen LogP contribution >= 0.6 is 11.3 Å². The molecule has 132 valence electrons. The molecule has 0 saturated heterocycles. The van der Waals surface area contributed by atoms with Crippen molar-refractivity contribution < 1.29 is 18.7 Å². The van der Waals surface area contributed by atoms with Gasteiger partial charge >= 0.3 is 0 Å². The molecule has 0 radical (unpaired) electrons. The fourth-order valence-electron chi connectivity index (χ4n) is 2.71. The number of fused-ring (bicyclic) bond motifs is 1. The van der Waals surface area contributed by atoms with E-state index in [9.17, 15) is 14.0 Å². The van der Waals surface area contributed by atoms with E-state index < -0.39 is 11.7 Å². The summed E-state index contributed by atoms with van der Waals surface area (Å²) in [7, 11) is 0. The Bertz CT molecular complexity index is 752. The highest BCUT2D eigenvalue weighted by atomic mass is 32.1. The molecule has 1 aliphatic carbocycles. The molecule has 7 heteroatoms. The number of halogens is 1. The number of carbonyl (C=O) groups excluding carboxylic acids is 2. The molecular formula is C18H19FN2O3S. The van der Waals surface area contributed by atoms with E-state index in [0.717, 1.165) is 25.7 Å². The van der Waals surface area contributed by atoms with E-state index in [1.165, 1.54) is 46.4 Å².